The van der Waals surface area contributed by atoms with Gasteiger partial charge in [0.2, 0.25) is 5.95 Å². The summed E-state index contributed by atoms with van der Waals surface area (Å²) in [5, 5.41) is 15.0. The number of rotatable bonds is 6. The number of halogens is 2. The molecule has 6 rings (SSSR count). The van der Waals surface area contributed by atoms with Gasteiger partial charge in [0.25, 0.3) is 5.91 Å². The molecule has 0 saturated carbocycles. The predicted molar refractivity (Wildman–Crippen MR) is 148 cm³/mol. The van der Waals surface area contributed by atoms with Crippen LogP contribution in [0.4, 0.5) is 14.6 Å². The smallest absolute Gasteiger partial charge is 0.257 e. The fourth-order valence-corrected chi connectivity index (χ4v) is 4.39. The number of amides is 1. The maximum Gasteiger partial charge on any atom is 0.257 e. The Morgan fingerprint density at radius 1 is 1.02 bits per heavy atom. The van der Waals surface area contributed by atoms with E-state index in [-0.39, 0.29) is 22.6 Å². The normalized spacial score (nSPS) is 11.7. The van der Waals surface area contributed by atoms with E-state index in [1.54, 1.807) is 36.8 Å². The van der Waals surface area contributed by atoms with Crippen molar-refractivity contribution in [3.05, 3.63) is 102 Å². The molecule has 1 amide bonds. The minimum atomic E-state index is -0.753. The lowest BCUT2D eigenvalue weighted by atomic mass is 9.92. The number of hydrogen-bond donors (Lipinski definition) is 2. The molecule has 12 heteroatoms. The Morgan fingerprint density at radius 2 is 1.83 bits per heavy atom. The molecular formula is C29H25F2N9O. The number of aromatic nitrogens is 8. The van der Waals surface area contributed by atoms with Gasteiger partial charge in [-0.25, -0.2) is 23.9 Å². The van der Waals surface area contributed by atoms with Crippen molar-refractivity contribution in [2.45, 2.75) is 32.7 Å². The van der Waals surface area contributed by atoms with E-state index in [9.17, 15) is 13.6 Å². The number of H-pyrrole nitrogens is 1. The van der Waals surface area contributed by atoms with E-state index in [4.69, 9.17) is 5.10 Å². The van der Waals surface area contributed by atoms with E-state index >= 15 is 0 Å². The number of anilines is 1. The number of fused-ring (bicyclic) bond motifs is 1. The van der Waals surface area contributed by atoms with Crippen LogP contribution < -0.4 is 5.32 Å². The molecule has 10 nitrogen and oxygen atoms in total. The standard InChI is InChI=1S/C29H25F2N9O/c1-29(2,3)22-13-20(36-37-22)14-39-16-33-26(17-4-6-19(30)7-5-17)27(39)21-8-9-25-34-24(15-40(25)38-21)35-28(41)18-10-11-32-23(31)12-18/h4-13,15-16H,14H2,1-3H3,(H,35,41)(H,36,37). The Bertz CT molecular complexity index is 1880. The maximum atomic E-state index is 13.7. The van der Waals surface area contributed by atoms with E-state index in [0.717, 1.165) is 23.0 Å². The van der Waals surface area contributed by atoms with Crippen molar-refractivity contribution in [2.75, 3.05) is 5.32 Å². The lowest BCUT2D eigenvalue weighted by Crippen LogP contribution is -2.12. The molecule has 0 radical (unpaired) electrons. The molecule has 0 aliphatic carbocycles. The van der Waals surface area contributed by atoms with Crippen LogP contribution in [0, 0.1) is 11.8 Å². The average molecular weight is 554 g/mol. The van der Waals surface area contributed by atoms with Crippen molar-refractivity contribution in [2.24, 2.45) is 0 Å². The highest BCUT2D eigenvalue weighted by molar-refractivity contribution is 6.03. The highest BCUT2D eigenvalue weighted by atomic mass is 19.1. The highest BCUT2D eigenvalue weighted by Crippen LogP contribution is 2.31. The number of nitrogens with zero attached hydrogens (tertiary/aromatic N) is 7. The summed E-state index contributed by atoms with van der Waals surface area (Å²) < 4.78 is 30.6. The second-order valence-electron chi connectivity index (χ2n) is 10.6. The van der Waals surface area contributed by atoms with Gasteiger partial charge in [-0.2, -0.15) is 14.6 Å². The average Bonchev–Trinajstić information content (AvgIpc) is 3.67. The third kappa shape index (κ3) is 5.31. The summed E-state index contributed by atoms with van der Waals surface area (Å²) in [6.07, 6.45) is 4.49. The second kappa shape index (κ2) is 10.0. The van der Waals surface area contributed by atoms with Gasteiger partial charge in [0.05, 0.1) is 36.2 Å². The van der Waals surface area contributed by atoms with Gasteiger partial charge >= 0.3 is 0 Å². The summed E-state index contributed by atoms with van der Waals surface area (Å²) in [6.45, 7) is 6.74. The van der Waals surface area contributed by atoms with Crippen LogP contribution in [-0.2, 0) is 12.0 Å². The SMILES string of the molecule is CC(C)(C)c1cc(Cn2cnc(-c3ccc(F)cc3)c2-c2ccc3nc(NC(=O)c4ccnc(F)c4)cn3n2)n[nH]1. The number of nitrogens with one attached hydrogen (secondary N) is 2. The molecule has 0 unspecified atom stereocenters. The molecule has 2 N–H and O–H groups in total. The summed E-state index contributed by atoms with van der Waals surface area (Å²) in [6, 6.07) is 14.2. The van der Waals surface area contributed by atoms with Crippen molar-refractivity contribution in [1.82, 2.24) is 39.3 Å². The lowest BCUT2D eigenvalue weighted by molar-refractivity contribution is 0.102. The number of imidazole rings is 2. The molecule has 1 aromatic carbocycles. The van der Waals surface area contributed by atoms with Crippen LogP contribution in [0.1, 0.15) is 42.5 Å². The largest absolute Gasteiger partial charge is 0.323 e. The molecule has 0 aliphatic heterocycles. The summed E-state index contributed by atoms with van der Waals surface area (Å²) >= 11 is 0. The number of aromatic amines is 1. The molecule has 0 aliphatic rings. The fourth-order valence-electron chi connectivity index (χ4n) is 4.39. The quantitative estimate of drug-likeness (QED) is 0.272. The third-order valence-electron chi connectivity index (χ3n) is 6.52. The molecule has 5 heterocycles. The zero-order chi connectivity index (χ0) is 28.7. The molecule has 0 spiro atoms. The Kier molecular flexibility index (Phi) is 6.37. The Hall–Kier alpha value is -5.26. The predicted octanol–water partition coefficient (Wildman–Crippen LogP) is 5.25. The first-order valence-corrected chi connectivity index (χ1v) is 12.8. The van der Waals surface area contributed by atoms with Gasteiger partial charge in [-0.1, -0.05) is 20.8 Å². The Labute approximate surface area is 233 Å². The van der Waals surface area contributed by atoms with Crippen LogP contribution >= 0.6 is 0 Å². The monoisotopic (exact) mass is 553 g/mol. The summed E-state index contributed by atoms with van der Waals surface area (Å²) in [5.41, 5.74) is 4.97. The van der Waals surface area contributed by atoms with Crippen LogP contribution in [0.15, 0.2) is 73.3 Å². The van der Waals surface area contributed by atoms with Crippen LogP contribution in [0.5, 0.6) is 0 Å². The number of hydrogen-bond acceptors (Lipinski definition) is 6. The summed E-state index contributed by atoms with van der Waals surface area (Å²) in [7, 11) is 0. The molecule has 41 heavy (non-hydrogen) atoms. The van der Waals surface area contributed by atoms with Crippen LogP contribution in [-0.4, -0.2) is 45.2 Å². The van der Waals surface area contributed by atoms with E-state index in [1.807, 2.05) is 10.6 Å². The Morgan fingerprint density at radius 3 is 2.56 bits per heavy atom. The lowest BCUT2D eigenvalue weighted by Gasteiger charge is -2.14. The molecule has 0 bridgehead atoms. The van der Waals surface area contributed by atoms with Crippen LogP contribution in [0.3, 0.4) is 0 Å². The van der Waals surface area contributed by atoms with Gasteiger partial charge < -0.3 is 9.88 Å². The van der Waals surface area contributed by atoms with Gasteiger partial charge in [-0.05, 0) is 48.5 Å². The summed E-state index contributed by atoms with van der Waals surface area (Å²) in [5.74, 6) is -1.38. The zero-order valence-corrected chi connectivity index (χ0v) is 22.4. The third-order valence-corrected chi connectivity index (χ3v) is 6.52. The van der Waals surface area contributed by atoms with Crippen molar-refractivity contribution in [3.63, 3.8) is 0 Å². The van der Waals surface area contributed by atoms with Crippen LogP contribution in [0.2, 0.25) is 0 Å². The zero-order valence-electron chi connectivity index (χ0n) is 22.4. The van der Waals surface area contributed by atoms with Gasteiger partial charge in [0.15, 0.2) is 11.5 Å². The second-order valence-corrected chi connectivity index (χ2v) is 10.6. The minimum absolute atomic E-state index is 0.0883. The first kappa shape index (κ1) is 26.0. The fraction of sp³-hybridized carbons (Fsp3) is 0.172. The van der Waals surface area contributed by atoms with E-state index in [0.29, 0.717) is 29.3 Å². The number of pyridine rings is 1. The molecule has 0 atom stereocenters. The van der Waals surface area contributed by atoms with Gasteiger partial charge in [-0.15, -0.1) is 0 Å². The molecule has 6 aromatic rings. The molecular weight excluding hydrogens is 528 g/mol. The van der Waals surface area contributed by atoms with Crippen molar-refractivity contribution in [3.8, 4) is 22.6 Å². The summed E-state index contributed by atoms with van der Waals surface area (Å²) in [4.78, 5) is 25.1. The van der Waals surface area contributed by atoms with Crippen molar-refractivity contribution < 1.29 is 13.6 Å². The van der Waals surface area contributed by atoms with E-state index in [1.165, 1.54) is 28.9 Å². The highest BCUT2D eigenvalue weighted by Gasteiger charge is 2.21. The topological polar surface area (TPSA) is 119 Å². The molecule has 206 valence electrons. The minimum Gasteiger partial charge on any atom is -0.323 e. The van der Waals surface area contributed by atoms with E-state index in [2.05, 4.69) is 51.2 Å². The van der Waals surface area contributed by atoms with Crippen molar-refractivity contribution in [1.29, 1.82) is 0 Å². The number of benzene rings is 1. The molecule has 5 aromatic heterocycles. The Balaban J connectivity index is 1.37. The van der Waals surface area contributed by atoms with Gasteiger partial charge in [-0.3, -0.25) is 9.89 Å². The van der Waals surface area contributed by atoms with E-state index < -0.39 is 11.9 Å². The first-order chi connectivity index (χ1) is 19.6. The number of carbonyl (C=O) groups is 1. The first-order valence-electron chi connectivity index (χ1n) is 12.8. The maximum absolute atomic E-state index is 13.7. The van der Waals surface area contributed by atoms with Crippen molar-refractivity contribution >= 4 is 17.4 Å². The van der Waals surface area contributed by atoms with Crippen LogP contribution in [0.25, 0.3) is 28.3 Å². The van der Waals surface area contributed by atoms with Gasteiger partial charge in [0, 0.05) is 34.5 Å². The molecule has 0 fully saturated rings. The van der Waals surface area contributed by atoms with Gasteiger partial charge in [0.1, 0.15) is 11.5 Å². The molecule has 0 saturated heterocycles. The number of carbonyl (C=O) groups excluding carboxylic acids is 1.